The number of amidine groups is 1. The van der Waals surface area contributed by atoms with Gasteiger partial charge in [-0.1, -0.05) is 5.16 Å². The van der Waals surface area contributed by atoms with Gasteiger partial charge >= 0.3 is 12.1 Å². The molecular formula is C17H24N4O4. The number of hydrogen-bond donors (Lipinski definition) is 1. The molecule has 0 aliphatic carbocycles. The van der Waals surface area contributed by atoms with Gasteiger partial charge in [-0.3, -0.25) is 4.98 Å². The van der Waals surface area contributed by atoms with Crippen LogP contribution in [0.3, 0.4) is 0 Å². The Morgan fingerprint density at radius 3 is 2.56 bits per heavy atom. The number of aromatic nitrogens is 1. The second-order valence-electron chi connectivity index (χ2n) is 6.87. The van der Waals surface area contributed by atoms with Gasteiger partial charge in [0.1, 0.15) is 5.60 Å². The summed E-state index contributed by atoms with van der Waals surface area (Å²) >= 11 is 0. The van der Waals surface area contributed by atoms with Crippen LogP contribution in [0.25, 0.3) is 0 Å². The molecule has 8 nitrogen and oxygen atoms in total. The van der Waals surface area contributed by atoms with E-state index < -0.39 is 11.6 Å². The third-order valence-corrected chi connectivity index (χ3v) is 3.67. The lowest BCUT2D eigenvalue weighted by Gasteiger charge is -2.32. The summed E-state index contributed by atoms with van der Waals surface area (Å²) in [6, 6.07) is 3.44. The molecule has 0 saturated carbocycles. The summed E-state index contributed by atoms with van der Waals surface area (Å²) < 4.78 is 5.33. The molecule has 2 N–H and O–H groups in total. The molecule has 1 aromatic heterocycles. The smallest absolute Gasteiger partial charge is 0.410 e. The summed E-state index contributed by atoms with van der Waals surface area (Å²) in [5, 5.41) is 3.67. The first-order valence-electron chi connectivity index (χ1n) is 8.19. The molecule has 1 aliphatic heterocycles. The zero-order valence-electron chi connectivity index (χ0n) is 14.8. The van der Waals surface area contributed by atoms with Crippen LogP contribution in [0.2, 0.25) is 0 Å². The molecule has 1 fully saturated rings. The molecule has 8 heteroatoms. The maximum atomic E-state index is 12.1. The topological polar surface area (TPSA) is 107 Å². The highest BCUT2D eigenvalue weighted by atomic mass is 16.7. The zero-order valence-corrected chi connectivity index (χ0v) is 14.8. The number of nitrogens with zero attached hydrogens (tertiary/aromatic N) is 3. The predicted molar refractivity (Wildman–Crippen MR) is 91.6 cm³/mol. The highest BCUT2D eigenvalue weighted by Gasteiger charge is 2.31. The van der Waals surface area contributed by atoms with Gasteiger partial charge in [-0.2, -0.15) is 0 Å². The standard InChI is InChI=1S/C17H24N4O4/c1-17(2,3)24-16(23)21-9-6-12(7-10-21)15(22)25-20-14(18)13-5-4-8-19-11-13/h4-5,8,11-12H,6-7,9-10H2,1-3H3,(H2,18,20). The van der Waals surface area contributed by atoms with E-state index in [2.05, 4.69) is 10.1 Å². The fraction of sp³-hybridized carbons (Fsp3) is 0.529. The minimum Gasteiger partial charge on any atom is -0.444 e. The maximum Gasteiger partial charge on any atom is 0.410 e. The maximum absolute atomic E-state index is 12.1. The van der Waals surface area contributed by atoms with E-state index in [9.17, 15) is 9.59 Å². The van der Waals surface area contributed by atoms with Gasteiger partial charge in [0.2, 0.25) is 0 Å². The first-order chi connectivity index (χ1) is 11.8. The first-order valence-corrected chi connectivity index (χ1v) is 8.19. The minimum atomic E-state index is -0.536. The fourth-order valence-corrected chi connectivity index (χ4v) is 2.36. The lowest BCUT2D eigenvalue weighted by Crippen LogP contribution is -2.43. The Hall–Kier alpha value is -2.64. The third-order valence-electron chi connectivity index (χ3n) is 3.67. The average Bonchev–Trinajstić information content (AvgIpc) is 2.58. The van der Waals surface area contributed by atoms with Gasteiger partial charge in [-0.25, -0.2) is 9.59 Å². The van der Waals surface area contributed by atoms with Gasteiger partial charge < -0.3 is 20.2 Å². The van der Waals surface area contributed by atoms with E-state index in [-0.39, 0.29) is 17.8 Å². The highest BCUT2D eigenvalue weighted by molar-refractivity contribution is 5.97. The SMILES string of the molecule is CC(C)(C)OC(=O)N1CCC(C(=O)O/N=C(\N)c2cccnc2)CC1. The number of ether oxygens (including phenoxy) is 1. The van der Waals surface area contributed by atoms with Crippen LogP contribution in [0.4, 0.5) is 4.79 Å². The summed E-state index contributed by atoms with van der Waals surface area (Å²) in [5.74, 6) is -0.674. The van der Waals surface area contributed by atoms with Crippen molar-refractivity contribution < 1.29 is 19.2 Å². The van der Waals surface area contributed by atoms with E-state index in [0.717, 1.165) is 0 Å². The van der Waals surface area contributed by atoms with Gasteiger partial charge in [0.15, 0.2) is 5.84 Å². The largest absolute Gasteiger partial charge is 0.444 e. The number of piperidine rings is 1. The van der Waals surface area contributed by atoms with E-state index >= 15 is 0 Å². The van der Waals surface area contributed by atoms with Gasteiger partial charge in [0, 0.05) is 31.0 Å². The van der Waals surface area contributed by atoms with Crippen LogP contribution in [0.5, 0.6) is 0 Å². The second-order valence-corrected chi connectivity index (χ2v) is 6.87. The van der Waals surface area contributed by atoms with Crippen LogP contribution in [0, 0.1) is 5.92 Å². The summed E-state index contributed by atoms with van der Waals surface area (Å²) in [6.45, 7) is 6.34. The normalized spacial score (nSPS) is 16.4. The Kier molecular flexibility index (Phi) is 5.95. The van der Waals surface area contributed by atoms with Crippen LogP contribution in [-0.4, -0.2) is 46.5 Å². The predicted octanol–water partition coefficient (Wildman–Crippen LogP) is 1.89. The van der Waals surface area contributed by atoms with Crippen molar-refractivity contribution in [1.29, 1.82) is 0 Å². The molecule has 0 radical (unpaired) electrons. The van der Waals surface area contributed by atoms with Gasteiger partial charge in [0.25, 0.3) is 0 Å². The van der Waals surface area contributed by atoms with Crippen molar-refractivity contribution in [2.45, 2.75) is 39.2 Å². The quantitative estimate of drug-likeness (QED) is 0.387. The van der Waals surface area contributed by atoms with Crippen molar-refractivity contribution in [2.75, 3.05) is 13.1 Å². The molecule has 0 aromatic carbocycles. The van der Waals surface area contributed by atoms with Crippen LogP contribution in [0.1, 0.15) is 39.2 Å². The number of nitrogens with two attached hydrogens (primary N) is 1. The van der Waals surface area contributed by atoms with Crippen LogP contribution >= 0.6 is 0 Å². The summed E-state index contributed by atoms with van der Waals surface area (Å²) in [5.41, 5.74) is 5.80. The lowest BCUT2D eigenvalue weighted by molar-refractivity contribution is -0.150. The molecule has 136 valence electrons. The van der Waals surface area contributed by atoms with Crippen LogP contribution in [-0.2, 0) is 14.4 Å². The molecule has 0 unspecified atom stereocenters. The highest BCUT2D eigenvalue weighted by Crippen LogP contribution is 2.21. The first kappa shape index (κ1) is 18.7. The number of carbonyl (C=O) groups excluding carboxylic acids is 2. The average molecular weight is 348 g/mol. The van der Waals surface area contributed by atoms with Crippen molar-refractivity contribution in [1.82, 2.24) is 9.88 Å². The number of hydrogen-bond acceptors (Lipinski definition) is 6. The van der Waals surface area contributed by atoms with E-state index in [4.69, 9.17) is 15.3 Å². The molecule has 2 heterocycles. The molecular weight excluding hydrogens is 324 g/mol. The monoisotopic (exact) mass is 348 g/mol. The third kappa shape index (κ3) is 5.74. The molecule has 2 rings (SSSR count). The van der Waals surface area contributed by atoms with Crippen molar-refractivity contribution >= 4 is 17.9 Å². The molecule has 0 spiro atoms. The Bertz CT molecular complexity index is 632. The molecule has 1 amide bonds. The Labute approximate surface area is 147 Å². The molecule has 0 bridgehead atoms. The molecule has 1 aliphatic rings. The Morgan fingerprint density at radius 1 is 1.32 bits per heavy atom. The Morgan fingerprint density at radius 2 is 2.00 bits per heavy atom. The summed E-state index contributed by atoms with van der Waals surface area (Å²) in [7, 11) is 0. The zero-order chi connectivity index (χ0) is 18.4. The van der Waals surface area contributed by atoms with E-state index in [1.807, 2.05) is 20.8 Å². The molecule has 1 aromatic rings. The van der Waals surface area contributed by atoms with Gasteiger partial charge in [-0.05, 0) is 45.7 Å². The van der Waals surface area contributed by atoms with Crippen molar-refractivity contribution in [3.05, 3.63) is 30.1 Å². The second kappa shape index (κ2) is 7.96. The summed E-state index contributed by atoms with van der Waals surface area (Å²) in [4.78, 5) is 34.6. The lowest BCUT2D eigenvalue weighted by atomic mass is 9.97. The number of oxime groups is 1. The number of likely N-dealkylation sites (tertiary alicyclic amines) is 1. The van der Waals surface area contributed by atoms with Crippen molar-refractivity contribution in [3.8, 4) is 0 Å². The van der Waals surface area contributed by atoms with Gasteiger partial charge in [0.05, 0.1) is 5.92 Å². The molecule has 25 heavy (non-hydrogen) atoms. The fourth-order valence-electron chi connectivity index (χ4n) is 2.36. The van der Waals surface area contributed by atoms with E-state index in [0.29, 0.717) is 31.5 Å². The molecule has 0 atom stereocenters. The van der Waals surface area contributed by atoms with Crippen molar-refractivity contribution in [2.24, 2.45) is 16.8 Å². The summed E-state index contributed by atoms with van der Waals surface area (Å²) in [6.07, 6.45) is 3.78. The van der Waals surface area contributed by atoms with Gasteiger partial charge in [-0.15, -0.1) is 0 Å². The number of amides is 1. The number of pyridine rings is 1. The van der Waals surface area contributed by atoms with Crippen molar-refractivity contribution in [3.63, 3.8) is 0 Å². The van der Waals surface area contributed by atoms with Crippen LogP contribution < -0.4 is 5.73 Å². The Balaban J connectivity index is 1.82. The minimum absolute atomic E-state index is 0.0904. The van der Waals surface area contributed by atoms with E-state index in [1.165, 1.54) is 6.20 Å². The number of rotatable bonds is 3. The van der Waals surface area contributed by atoms with Crippen LogP contribution in [0.15, 0.2) is 29.7 Å². The van der Waals surface area contributed by atoms with E-state index in [1.54, 1.807) is 23.2 Å². The number of carbonyl (C=O) groups is 2. The molecule has 1 saturated heterocycles.